The molecular weight excluding hydrogens is 434 g/mol. The average molecular weight is 466 g/mol. The van der Waals surface area contributed by atoms with E-state index in [-0.39, 0.29) is 17.7 Å². The molecule has 0 aliphatic heterocycles. The molecule has 1 atom stereocenters. The van der Waals surface area contributed by atoms with Gasteiger partial charge in [-0.15, -0.1) is 0 Å². The number of nitrogens with one attached hydrogen (secondary N) is 2. The fraction of sp³-hybridized carbons (Fsp3) is 0.480. The predicted molar refractivity (Wildman–Crippen MR) is 126 cm³/mol. The molecule has 0 radical (unpaired) electrons. The number of aryl methyl sites for hydroxylation is 3. The lowest BCUT2D eigenvalue weighted by atomic mass is 9.90. The van der Waals surface area contributed by atoms with Gasteiger partial charge in [0.15, 0.2) is 0 Å². The predicted octanol–water partition coefficient (Wildman–Crippen LogP) is 4.61. The maximum Gasteiger partial charge on any atom is 0.257 e. The topological polar surface area (TPSA) is 123 Å². The number of hydrogen-bond donors (Lipinski definition) is 2. The molecule has 4 rings (SSSR count). The summed E-state index contributed by atoms with van der Waals surface area (Å²) in [6, 6.07) is 2.96. The number of amides is 2. The number of nitrogens with zero attached hydrogens (tertiary/aromatic N) is 3. The van der Waals surface area contributed by atoms with Crippen LogP contribution in [0.2, 0.25) is 0 Å². The molecule has 0 spiro atoms. The molecule has 3 aromatic rings. The summed E-state index contributed by atoms with van der Waals surface area (Å²) < 4.78 is 10.2. The van der Waals surface area contributed by atoms with Crippen LogP contribution in [0, 0.1) is 19.8 Å². The molecule has 9 heteroatoms. The van der Waals surface area contributed by atoms with Gasteiger partial charge in [0.1, 0.15) is 23.6 Å². The van der Waals surface area contributed by atoms with E-state index in [2.05, 4.69) is 25.9 Å². The van der Waals surface area contributed by atoms with Gasteiger partial charge in [-0.25, -0.2) is 0 Å². The third-order valence-electron chi connectivity index (χ3n) is 6.48. The minimum atomic E-state index is -0.660. The summed E-state index contributed by atoms with van der Waals surface area (Å²) in [7, 11) is 0. The van der Waals surface area contributed by atoms with Crippen molar-refractivity contribution in [2.75, 3.05) is 5.32 Å². The second-order valence-electron chi connectivity index (χ2n) is 8.85. The molecule has 34 heavy (non-hydrogen) atoms. The summed E-state index contributed by atoms with van der Waals surface area (Å²) in [6.07, 6.45) is 9.71. The van der Waals surface area contributed by atoms with Crippen LogP contribution >= 0.6 is 0 Å². The zero-order valence-electron chi connectivity index (χ0n) is 19.9. The highest BCUT2D eigenvalue weighted by atomic mass is 16.5. The zero-order valence-corrected chi connectivity index (χ0v) is 19.9. The quantitative estimate of drug-likeness (QED) is 0.488. The summed E-state index contributed by atoms with van der Waals surface area (Å²) in [5.74, 6) is 0.167. The minimum absolute atomic E-state index is 0.0610. The lowest BCUT2D eigenvalue weighted by Crippen LogP contribution is -2.48. The molecule has 2 amide bonds. The lowest BCUT2D eigenvalue weighted by molar-refractivity contribution is -0.119. The van der Waals surface area contributed by atoms with Crippen molar-refractivity contribution in [1.82, 2.24) is 20.6 Å². The van der Waals surface area contributed by atoms with E-state index in [1.54, 1.807) is 12.3 Å². The number of carbonyl (C=O) groups is 2. The summed E-state index contributed by atoms with van der Waals surface area (Å²) in [5.41, 5.74) is 3.85. The zero-order chi connectivity index (χ0) is 24.1. The van der Waals surface area contributed by atoms with Crippen LogP contribution in [0.1, 0.15) is 73.0 Å². The highest BCUT2D eigenvalue weighted by Gasteiger charge is 2.32. The number of rotatable bonds is 7. The van der Waals surface area contributed by atoms with Gasteiger partial charge in [0.25, 0.3) is 5.91 Å². The monoisotopic (exact) mass is 465 g/mol. The summed E-state index contributed by atoms with van der Waals surface area (Å²) >= 11 is 0. The normalized spacial score (nSPS) is 15.5. The van der Waals surface area contributed by atoms with E-state index >= 15 is 0 Å². The molecule has 1 fully saturated rings. The Morgan fingerprint density at radius 3 is 2.50 bits per heavy atom. The second kappa shape index (κ2) is 10.6. The Balaban J connectivity index is 1.52. The van der Waals surface area contributed by atoms with Crippen molar-refractivity contribution in [2.45, 2.75) is 71.8 Å². The molecule has 3 heterocycles. The van der Waals surface area contributed by atoms with Crippen LogP contribution < -0.4 is 10.6 Å². The Morgan fingerprint density at radius 1 is 1.12 bits per heavy atom. The number of pyridine rings is 1. The molecule has 9 nitrogen and oxygen atoms in total. The van der Waals surface area contributed by atoms with Gasteiger partial charge in [0.05, 0.1) is 34.5 Å². The molecular formula is C25H31N5O4. The van der Waals surface area contributed by atoms with E-state index in [4.69, 9.17) is 9.05 Å². The van der Waals surface area contributed by atoms with Gasteiger partial charge in [-0.05, 0) is 51.2 Å². The van der Waals surface area contributed by atoms with Crippen LogP contribution in [0.3, 0.4) is 0 Å². The first-order chi connectivity index (χ1) is 16.5. The van der Waals surface area contributed by atoms with Crippen molar-refractivity contribution in [3.8, 4) is 11.3 Å². The Bertz CT molecular complexity index is 1110. The van der Waals surface area contributed by atoms with Crippen molar-refractivity contribution >= 4 is 17.5 Å². The van der Waals surface area contributed by atoms with Gasteiger partial charge in [0, 0.05) is 0 Å². The SMILES string of the molecule is CCc1nocc1C(=O)N[C@H](C(=O)Nc1ccc(-c2c(C)noc2C)nc1)C1CCCCCC1. The van der Waals surface area contributed by atoms with Crippen molar-refractivity contribution < 1.29 is 18.6 Å². The first-order valence-corrected chi connectivity index (χ1v) is 11.9. The Morgan fingerprint density at radius 2 is 1.88 bits per heavy atom. The van der Waals surface area contributed by atoms with E-state index < -0.39 is 6.04 Å². The van der Waals surface area contributed by atoms with Crippen molar-refractivity contribution in [1.29, 1.82) is 0 Å². The number of anilines is 1. The van der Waals surface area contributed by atoms with Crippen molar-refractivity contribution in [3.63, 3.8) is 0 Å². The van der Waals surface area contributed by atoms with Crippen molar-refractivity contribution in [3.05, 3.63) is 47.3 Å². The van der Waals surface area contributed by atoms with Gasteiger partial charge in [0.2, 0.25) is 5.91 Å². The summed E-state index contributed by atoms with van der Waals surface area (Å²) in [5, 5.41) is 13.8. The molecule has 0 bridgehead atoms. The molecule has 1 aliphatic carbocycles. The molecule has 0 saturated heterocycles. The van der Waals surface area contributed by atoms with E-state index in [1.807, 2.05) is 26.8 Å². The fourth-order valence-corrected chi connectivity index (χ4v) is 4.64. The molecule has 1 saturated carbocycles. The van der Waals surface area contributed by atoms with Gasteiger partial charge >= 0.3 is 0 Å². The van der Waals surface area contributed by atoms with E-state index in [0.717, 1.165) is 55.5 Å². The third kappa shape index (κ3) is 5.18. The molecule has 180 valence electrons. The minimum Gasteiger partial charge on any atom is -0.364 e. The van der Waals surface area contributed by atoms with Crippen LogP contribution in [0.15, 0.2) is 33.6 Å². The van der Waals surface area contributed by atoms with Crippen LogP contribution in [0.5, 0.6) is 0 Å². The molecule has 0 unspecified atom stereocenters. The Labute approximate surface area is 198 Å². The van der Waals surface area contributed by atoms with E-state index in [9.17, 15) is 9.59 Å². The van der Waals surface area contributed by atoms with Crippen LogP contribution in [-0.4, -0.2) is 33.2 Å². The molecule has 1 aliphatic rings. The van der Waals surface area contributed by atoms with Crippen LogP contribution in [-0.2, 0) is 11.2 Å². The molecule has 0 aromatic carbocycles. The smallest absolute Gasteiger partial charge is 0.257 e. The molecule has 2 N–H and O–H groups in total. The van der Waals surface area contributed by atoms with Gasteiger partial charge < -0.3 is 19.7 Å². The fourth-order valence-electron chi connectivity index (χ4n) is 4.64. The average Bonchev–Trinajstić information content (AvgIpc) is 3.34. The Hall–Kier alpha value is -3.49. The molecule has 3 aromatic heterocycles. The number of aromatic nitrogens is 3. The van der Waals surface area contributed by atoms with E-state index in [0.29, 0.717) is 29.1 Å². The number of carbonyl (C=O) groups excluding carboxylic acids is 2. The van der Waals surface area contributed by atoms with Crippen LogP contribution in [0.4, 0.5) is 5.69 Å². The standard InChI is InChI=1S/C25H31N5O4/c1-4-20-19(14-33-30-20)24(31)28-23(17-9-7-5-6-8-10-17)25(32)27-18-11-12-21(26-13-18)22-15(2)29-34-16(22)3/h11-14,17,23H,4-10H2,1-3H3,(H,27,32)(H,28,31)/t23-/m0/s1. The summed E-state index contributed by atoms with van der Waals surface area (Å²) in [6.45, 7) is 5.61. The highest BCUT2D eigenvalue weighted by molar-refractivity contribution is 6.01. The maximum atomic E-state index is 13.4. The third-order valence-corrected chi connectivity index (χ3v) is 6.48. The highest BCUT2D eigenvalue weighted by Crippen LogP contribution is 2.28. The van der Waals surface area contributed by atoms with E-state index in [1.165, 1.54) is 6.26 Å². The summed E-state index contributed by atoms with van der Waals surface area (Å²) in [4.78, 5) is 30.9. The lowest BCUT2D eigenvalue weighted by Gasteiger charge is -2.26. The second-order valence-corrected chi connectivity index (χ2v) is 8.85. The van der Waals surface area contributed by atoms with Gasteiger partial charge in [-0.3, -0.25) is 14.6 Å². The maximum absolute atomic E-state index is 13.4. The first-order valence-electron chi connectivity index (χ1n) is 11.9. The largest absolute Gasteiger partial charge is 0.364 e. The van der Waals surface area contributed by atoms with Crippen LogP contribution in [0.25, 0.3) is 11.3 Å². The number of hydrogen-bond acceptors (Lipinski definition) is 7. The van der Waals surface area contributed by atoms with Crippen molar-refractivity contribution in [2.24, 2.45) is 5.92 Å². The van der Waals surface area contributed by atoms with Gasteiger partial charge in [-0.1, -0.05) is 42.9 Å². The Kier molecular flexibility index (Phi) is 7.40. The van der Waals surface area contributed by atoms with Gasteiger partial charge in [-0.2, -0.15) is 0 Å². The first kappa shape index (κ1) is 23.7.